The van der Waals surface area contributed by atoms with E-state index in [4.69, 9.17) is 11.6 Å². The largest absolute Gasteiger partial charge is 0.438 e. The smallest absolute Gasteiger partial charge is 0.361 e. The van der Waals surface area contributed by atoms with Gasteiger partial charge in [-0.05, 0) is 24.6 Å². The Morgan fingerprint density at radius 3 is 2.87 bits per heavy atom. The number of hydrogen-bond acceptors (Lipinski definition) is 4. The summed E-state index contributed by atoms with van der Waals surface area (Å²) in [5, 5.41) is 4.16. The fraction of sp³-hybridized carbons (Fsp3) is 0.188. The summed E-state index contributed by atoms with van der Waals surface area (Å²) in [6.07, 6.45) is 2.47. The predicted octanol–water partition coefficient (Wildman–Crippen LogP) is 3.00. The maximum absolute atomic E-state index is 12.5. The molecule has 1 unspecified atom stereocenters. The van der Waals surface area contributed by atoms with Gasteiger partial charge in [-0.15, -0.1) is 0 Å². The Labute approximate surface area is 135 Å². The number of aromatic amines is 2. The quantitative estimate of drug-likeness (QED) is 0.720. The Morgan fingerprint density at radius 2 is 2.22 bits per heavy atom. The van der Waals surface area contributed by atoms with E-state index in [0.717, 1.165) is 11.3 Å². The second kappa shape index (κ2) is 5.24. The van der Waals surface area contributed by atoms with Crippen molar-refractivity contribution < 1.29 is 9.32 Å². The van der Waals surface area contributed by atoms with Gasteiger partial charge in [0, 0.05) is 34.9 Å². The van der Waals surface area contributed by atoms with Crippen LogP contribution in [0.25, 0.3) is 11.3 Å². The van der Waals surface area contributed by atoms with E-state index in [-0.39, 0.29) is 17.6 Å². The Balaban J connectivity index is 1.56. The van der Waals surface area contributed by atoms with Crippen LogP contribution in [-0.2, 0) is 0 Å². The molecule has 2 heterocycles. The topological polar surface area (TPSA) is 91.8 Å². The molecule has 23 heavy (non-hydrogen) atoms. The zero-order valence-electron chi connectivity index (χ0n) is 11.9. The van der Waals surface area contributed by atoms with Gasteiger partial charge in [-0.2, -0.15) is 0 Å². The third-order valence-corrected chi connectivity index (χ3v) is 4.39. The lowest BCUT2D eigenvalue weighted by Crippen LogP contribution is -2.04. The van der Waals surface area contributed by atoms with Crippen molar-refractivity contribution in [1.82, 2.24) is 15.1 Å². The van der Waals surface area contributed by atoms with E-state index in [1.54, 1.807) is 12.1 Å². The van der Waals surface area contributed by atoms with E-state index < -0.39 is 5.76 Å². The van der Waals surface area contributed by atoms with Gasteiger partial charge in [-0.1, -0.05) is 28.9 Å². The Hall–Kier alpha value is -2.60. The van der Waals surface area contributed by atoms with Crippen LogP contribution in [0, 0.1) is 5.92 Å². The first-order chi connectivity index (χ1) is 11.1. The van der Waals surface area contributed by atoms with E-state index in [1.165, 1.54) is 0 Å². The van der Waals surface area contributed by atoms with Crippen LogP contribution in [0.2, 0.25) is 5.02 Å². The van der Waals surface area contributed by atoms with Crippen molar-refractivity contribution in [2.75, 3.05) is 0 Å². The lowest BCUT2D eigenvalue weighted by atomic mass is 10.0. The highest BCUT2D eigenvalue weighted by atomic mass is 35.5. The number of aromatic nitrogens is 3. The van der Waals surface area contributed by atoms with Crippen LogP contribution >= 0.6 is 11.6 Å². The number of rotatable bonds is 4. The van der Waals surface area contributed by atoms with Crippen LogP contribution in [0.5, 0.6) is 0 Å². The summed E-state index contributed by atoms with van der Waals surface area (Å²) in [6.45, 7) is 0. The van der Waals surface area contributed by atoms with Crippen LogP contribution in [0.3, 0.4) is 0 Å². The Kier molecular flexibility index (Phi) is 3.20. The number of H-pyrrole nitrogens is 2. The third-order valence-electron chi connectivity index (χ3n) is 4.08. The zero-order valence-corrected chi connectivity index (χ0v) is 12.6. The average Bonchev–Trinajstić information content (AvgIpc) is 2.94. The van der Waals surface area contributed by atoms with Gasteiger partial charge in [0.1, 0.15) is 0 Å². The molecule has 1 aromatic carbocycles. The summed E-state index contributed by atoms with van der Waals surface area (Å²) >= 11 is 6.30. The van der Waals surface area contributed by atoms with Gasteiger partial charge >= 0.3 is 5.76 Å². The zero-order chi connectivity index (χ0) is 16.0. The second-order valence-electron chi connectivity index (χ2n) is 5.57. The molecule has 1 aliphatic rings. The van der Waals surface area contributed by atoms with Crippen molar-refractivity contribution >= 4 is 17.4 Å². The summed E-state index contributed by atoms with van der Waals surface area (Å²) < 4.78 is 4.48. The first kappa shape index (κ1) is 14.0. The van der Waals surface area contributed by atoms with Crippen LogP contribution < -0.4 is 5.76 Å². The van der Waals surface area contributed by atoms with Crippen molar-refractivity contribution in [2.24, 2.45) is 5.92 Å². The molecule has 0 amide bonds. The Morgan fingerprint density at radius 1 is 1.35 bits per heavy atom. The van der Waals surface area contributed by atoms with Crippen LogP contribution in [0.4, 0.5) is 0 Å². The molecule has 0 radical (unpaired) electrons. The standard InChI is InChI=1S/C16H12ClN3O3/c17-12-6-8(3-4-9(12)13-2-1-5-18-13)14(21)10-7-11(10)15-19-16(22)23-20-15/h1-6,10-11,18H,7H2,(H,19,20,22)/t10?,11-/m0/s1. The number of nitrogens with one attached hydrogen (secondary N) is 2. The third kappa shape index (κ3) is 2.51. The second-order valence-corrected chi connectivity index (χ2v) is 5.98. The molecule has 1 saturated carbocycles. The SMILES string of the molecule is O=C(c1ccc(-c2ccc[nH]2)c(Cl)c1)C1C[C@@H]1c1noc(=O)[nH]1. The van der Waals surface area contributed by atoms with E-state index in [9.17, 15) is 9.59 Å². The number of nitrogens with zero attached hydrogens (tertiary/aromatic N) is 1. The molecule has 6 nitrogen and oxygen atoms in total. The Bertz CT molecular complexity index is 926. The maximum atomic E-state index is 12.5. The number of carbonyl (C=O) groups is 1. The highest BCUT2D eigenvalue weighted by Gasteiger charge is 2.46. The first-order valence-corrected chi connectivity index (χ1v) is 7.54. The molecule has 2 N–H and O–H groups in total. The number of benzene rings is 1. The molecule has 0 spiro atoms. The van der Waals surface area contributed by atoms with Gasteiger partial charge in [0.2, 0.25) is 0 Å². The highest BCUT2D eigenvalue weighted by Crippen LogP contribution is 2.47. The van der Waals surface area contributed by atoms with Crippen molar-refractivity contribution in [3.8, 4) is 11.3 Å². The highest BCUT2D eigenvalue weighted by molar-refractivity contribution is 6.33. The molecular formula is C16H12ClN3O3. The number of Topliss-reactive ketones (excluding diaryl/α,β-unsaturated/α-hetero) is 1. The molecule has 116 valence electrons. The van der Waals surface area contributed by atoms with Gasteiger partial charge in [-0.25, -0.2) is 4.79 Å². The number of halogens is 1. The summed E-state index contributed by atoms with van der Waals surface area (Å²) in [5.74, 6) is -0.448. The number of ketones is 1. The fourth-order valence-electron chi connectivity index (χ4n) is 2.79. The van der Waals surface area contributed by atoms with Crippen molar-refractivity contribution in [1.29, 1.82) is 0 Å². The van der Waals surface area contributed by atoms with Gasteiger partial charge in [0.25, 0.3) is 0 Å². The molecule has 1 aliphatic carbocycles. The van der Waals surface area contributed by atoms with E-state index >= 15 is 0 Å². The normalized spacial score (nSPS) is 19.7. The fourth-order valence-corrected chi connectivity index (χ4v) is 3.07. The molecule has 0 aliphatic heterocycles. The molecule has 3 aromatic rings. The van der Waals surface area contributed by atoms with Crippen LogP contribution in [0.1, 0.15) is 28.5 Å². The maximum Gasteiger partial charge on any atom is 0.438 e. The van der Waals surface area contributed by atoms with Gasteiger partial charge in [0.15, 0.2) is 11.6 Å². The van der Waals surface area contributed by atoms with Crippen molar-refractivity contribution in [2.45, 2.75) is 12.3 Å². The average molecular weight is 330 g/mol. The summed E-state index contributed by atoms with van der Waals surface area (Å²) in [5.41, 5.74) is 2.31. The number of carbonyl (C=O) groups excluding carboxylic acids is 1. The minimum Gasteiger partial charge on any atom is -0.361 e. The molecule has 0 bridgehead atoms. The van der Waals surface area contributed by atoms with Gasteiger partial charge in [-0.3, -0.25) is 14.3 Å². The van der Waals surface area contributed by atoms with Crippen molar-refractivity contribution in [3.05, 3.63) is 63.5 Å². The van der Waals surface area contributed by atoms with Crippen molar-refractivity contribution in [3.63, 3.8) is 0 Å². The van der Waals surface area contributed by atoms with Gasteiger partial charge in [0.05, 0.1) is 5.02 Å². The molecule has 4 rings (SSSR count). The van der Waals surface area contributed by atoms with E-state index in [2.05, 4.69) is 19.6 Å². The molecule has 1 fully saturated rings. The van der Waals surface area contributed by atoms with Crippen LogP contribution in [-0.4, -0.2) is 20.9 Å². The molecule has 2 aromatic heterocycles. The van der Waals surface area contributed by atoms with E-state index in [1.807, 2.05) is 24.4 Å². The lowest BCUT2D eigenvalue weighted by molar-refractivity contribution is 0.0964. The van der Waals surface area contributed by atoms with E-state index in [0.29, 0.717) is 22.8 Å². The summed E-state index contributed by atoms with van der Waals surface area (Å²) in [4.78, 5) is 29.1. The summed E-state index contributed by atoms with van der Waals surface area (Å²) in [6, 6.07) is 9.09. The van der Waals surface area contributed by atoms with Gasteiger partial charge < -0.3 is 4.98 Å². The first-order valence-electron chi connectivity index (χ1n) is 7.17. The summed E-state index contributed by atoms with van der Waals surface area (Å²) in [7, 11) is 0. The monoisotopic (exact) mass is 329 g/mol. The van der Waals surface area contributed by atoms with Crippen LogP contribution in [0.15, 0.2) is 45.8 Å². The molecule has 0 saturated heterocycles. The minimum atomic E-state index is -0.601. The number of hydrogen-bond donors (Lipinski definition) is 2. The predicted molar refractivity (Wildman–Crippen MR) is 83.5 cm³/mol. The lowest BCUT2D eigenvalue weighted by Gasteiger charge is -2.05. The minimum absolute atomic E-state index is 0.00113. The molecule has 2 atom stereocenters. The molecule has 7 heteroatoms. The molecular weight excluding hydrogens is 318 g/mol.